The molecule has 31 heavy (non-hydrogen) atoms. The number of hydrogen-bond donors (Lipinski definition) is 3. The smallest absolute Gasteiger partial charge is 0.255 e. The van der Waals surface area contributed by atoms with Crippen LogP contribution in [0.15, 0.2) is 30.6 Å². The number of H-pyrrole nitrogens is 1. The van der Waals surface area contributed by atoms with Gasteiger partial charge in [-0.15, -0.1) is 0 Å². The van der Waals surface area contributed by atoms with E-state index in [1.54, 1.807) is 12.4 Å². The molecule has 8 nitrogen and oxygen atoms in total. The second kappa shape index (κ2) is 8.02. The van der Waals surface area contributed by atoms with Crippen molar-refractivity contribution in [3.8, 4) is 11.6 Å². The van der Waals surface area contributed by atoms with E-state index in [1.807, 2.05) is 18.2 Å². The molecule has 0 radical (unpaired) electrons. The lowest BCUT2D eigenvalue weighted by Gasteiger charge is -2.13. The summed E-state index contributed by atoms with van der Waals surface area (Å²) in [4.78, 5) is 35.8. The van der Waals surface area contributed by atoms with Gasteiger partial charge in [0.1, 0.15) is 11.3 Å². The molecule has 0 saturated heterocycles. The van der Waals surface area contributed by atoms with Crippen molar-refractivity contribution in [1.29, 1.82) is 0 Å². The normalized spacial score (nSPS) is 17.4. The topological polar surface area (TPSA) is 109 Å². The van der Waals surface area contributed by atoms with Gasteiger partial charge in [-0.3, -0.25) is 9.59 Å². The van der Waals surface area contributed by atoms with Crippen LogP contribution in [0, 0.1) is 5.92 Å². The van der Waals surface area contributed by atoms with E-state index in [1.165, 1.54) is 19.8 Å². The zero-order chi connectivity index (χ0) is 21.4. The summed E-state index contributed by atoms with van der Waals surface area (Å²) < 4.78 is 5.95. The molecule has 0 spiro atoms. The Morgan fingerprint density at radius 3 is 2.94 bits per heavy atom. The van der Waals surface area contributed by atoms with E-state index in [2.05, 4.69) is 25.6 Å². The predicted octanol–water partition coefficient (Wildman–Crippen LogP) is 3.40. The van der Waals surface area contributed by atoms with Gasteiger partial charge < -0.3 is 20.4 Å². The fourth-order valence-corrected chi connectivity index (χ4v) is 4.16. The highest BCUT2D eigenvalue weighted by molar-refractivity contribution is 6.04. The maximum Gasteiger partial charge on any atom is 0.255 e. The van der Waals surface area contributed by atoms with E-state index in [-0.39, 0.29) is 17.9 Å². The van der Waals surface area contributed by atoms with Gasteiger partial charge in [-0.1, -0.05) is 18.9 Å². The summed E-state index contributed by atoms with van der Waals surface area (Å²) in [7, 11) is 0. The van der Waals surface area contributed by atoms with Crippen LogP contribution < -0.4 is 15.4 Å². The number of fused-ring (bicyclic) bond motifs is 2. The minimum absolute atomic E-state index is 0.0272. The Labute approximate surface area is 179 Å². The number of carbonyl (C=O) groups is 2. The predicted molar refractivity (Wildman–Crippen MR) is 115 cm³/mol. The monoisotopic (exact) mass is 419 g/mol. The quantitative estimate of drug-likeness (QED) is 0.544. The molecule has 3 aromatic rings. The van der Waals surface area contributed by atoms with Crippen molar-refractivity contribution in [3.05, 3.63) is 47.3 Å². The molecule has 5 rings (SSSR count). The van der Waals surface area contributed by atoms with Crippen molar-refractivity contribution in [1.82, 2.24) is 25.6 Å². The summed E-state index contributed by atoms with van der Waals surface area (Å²) in [5, 5.41) is 5.95. The van der Waals surface area contributed by atoms with Crippen LogP contribution in [0.2, 0.25) is 0 Å². The first-order valence-corrected chi connectivity index (χ1v) is 10.8. The minimum Gasteiger partial charge on any atom is -0.437 e. The van der Waals surface area contributed by atoms with Gasteiger partial charge in [0, 0.05) is 19.7 Å². The average molecular weight is 419 g/mol. The Morgan fingerprint density at radius 2 is 2.13 bits per heavy atom. The highest BCUT2D eigenvalue weighted by atomic mass is 16.5. The molecule has 0 bridgehead atoms. The van der Waals surface area contributed by atoms with Crippen LogP contribution in [0.3, 0.4) is 0 Å². The van der Waals surface area contributed by atoms with E-state index in [9.17, 15) is 9.59 Å². The molecule has 2 aliphatic carbocycles. The van der Waals surface area contributed by atoms with E-state index in [0.717, 1.165) is 36.3 Å². The van der Waals surface area contributed by atoms with E-state index in [4.69, 9.17) is 4.74 Å². The Hall–Kier alpha value is -3.42. The summed E-state index contributed by atoms with van der Waals surface area (Å²) in [6.07, 6.45) is 8.50. The average Bonchev–Trinajstić information content (AvgIpc) is 3.34. The SMILES string of the molecule is CC(=O)N[C@@H]1CCc2cc(Oc3cnc4[nH]cc(C(=O)NCCC5CC5)c4n3)ccc21. The van der Waals surface area contributed by atoms with Crippen LogP contribution in [0.1, 0.15) is 60.1 Å². The van der Waals surface area contributed by atoms with Gasteiger partial charge in [-0.05, 0) is 48.4 Å². The second-order valence-corrected chi connectivity index (χ2v) is 8.35. The molecule has 8 heteroatoms. The Bertz CT molecular complexity index is 1150. The van der Waals surface area contributed by atoms with Crippen LogP contribution in [0.25, 0.3) is 11.2 Å². The largest absolute Gasteiger partial charge is 0.437 e. The minimum atomic E-state index is -0.153. The van der Waals surface area contributed by atoms with Crippen molar-refractivity contribution in [2.24, 2.45) is 5.92 Å². The molecule has 0 aliphatic heterocycles. The zero-order valence-electron chi connectivity index (χ0n) is 17.4. The van der Waals surface area contributed by atoms with Crippen LogP contribution in [0.4, 0.5) is 0 Å². The molecule has 2 amide bonds. The van der Waals surface area contributed by atoms with Gasteiger partial charge in [0.25, 0.3) is 5.91 Å². The molecule has 2 heterocycles. The number of aromatic amines is 1. The summed E-state index contributed by atoms with van der Waals surface area (Å²) in [5.74, 6) is 1.57. The van der Waals surface area contributed by atoms with Crippen LogP contribution in [0.5, 0.6) is 11.6 Å². The highest BCUT2D eigenvalue weighted by Crippen LogP contribution is 2.35. The summed E-state index contributed by atoms with van der Waals surface area (Å²) >= 11 is 0. The number of carbonyl (C=O) groups excluding carboxylic acids is 2. The first kappa shape index (κ1) is 19.5. The molecule has 1 fully saturated rings. The maximum atomic E-state index is 12.6. The van der Waals surface area contributed by atoms with E-state index < -0.39 is 0 Å². The maximum absolute atomic E-state index is 12.6. The standard InChI is InChI=1S/C23H25N5O3/c1-13(29)27-19-7-4-15-10-16(5-6-17(15)19)31-20-12-26-22-21(28-20)18(11-25-22)23(30)24-9-8-14-2-3-14/h5-6,10-12,14,19H,2-4,7-9H2,1H3,(H,24,30)(H,25,26)(H,27,29)/t19-/m1/s1. The van der Waals surface area contributed by atoms with Gasteiger partial charge in [0.05, 0.1) is 17.8 Å². The molecule has 160 valence electrons. The third-order valence-corrected chi connectivity index (χ3v) is 5.93. The number of nitrogens with zero attached hydrogens (tertiary/aromatic N) is 2. The van der Waals surface area contributed by atoms with Gasteiger partial charge in [-0.2, -0.15) is 0 Å². The number of aryl methyl sites for hydroxylation is 1. The summed E-state index contributed by atoms with van der Waals surface area (Å²) in [6, 6.07) is 5.89. The number of aromatic nitrogens is 3. The van der Waals surface area contributed by atoms with Crippen molar-refractivity contribution < 1.29 is 14.3 Å². The van der Waals surface area contributed by atoms with Gasteiger partial charge in [0.2, 0.25) is 11.8 Å². The third kappa shape index (κ3) is 4.23. The first-order valence-electron chi connectivity index (χ1n) is 10.8. The molecule has 0 unspecified atom stereocenters. The summed E-state index contributed by atoms with van der Waals surface area (Å²) in [6.45, 7) is 2.21. The lowest BCUT2D eigenvalue weighted by Crippen LogP contribution is -2.24. The van der Waals surface area contributed by atoms with Gasteiger partial charge in [-0.25, -0.2) is 9.97 Å². The molecule has 1 saturated carbocycles. The third-order valence-electron chi connectivity index (χ3n) is 5.93. The summed E-state index contributed by atoms with van der Waals surface area (Å²) in [5.41, 5.74) is 3.79. The van der Waals surface area contributed by atoms with Crippen molar-refractivity contribution in [2.75, 3.05) is 6.54 Å². The zero-order valence-corrected chi connectivity index (χ0v) is 17.4. The van der Waals surface area contributed by atoms with Crippen molar-refractivity contribution in [3.63, 3.8) is 0 Å². The number of hydrogen-bond acceptors (Lipinski definition) is 5. The lowest BCUT2D eigenvalue weighted by molar-refractivity contribution is -0.119. The second-order valence-electron chi connectivity index (χ2n) is 8.35. The van der Waals surface area contributed by atoms with Crippen LogP contribution in [-0.4, -0.2) is 33.3 Å². The molecule has 2 aromatic heterocycles. The number of ether oxygens (including phenoxy) is 1. The van der Waals surface area contributed by atoms with Gasteiger partial charge in [0.15, 0.2) is 5.65 Å². The molecule has 3 N–H and O–H groups in total. The van der Waals surface area contributed by atoms with Crippen LogP contribution in [-0.2, 0) is 11.2 Å². The van der Waals surface area contributed by atoms with Crippen molar-refractivity contribution >= 4 is 23.0 Å². The molecule has 1 aromatic carbocycles. The molecular formula is C23H25N5O3. The molecule has 2 aliphatic rings. The lowest BCUT2D eigenvalue weighted by atomic mass is 10.1. The molecule has 1 atom stereocenters. The van der Waals surface area contributed by atoms with Gasteiger partial charge >= 0.3 is 0 Å². The molecular weight excluding hydrogens is 394 g/mol. The number of rotatable bonds is 7. The Kier molecular flexibility index (Phi) is 5.05. The Balaban J connectivity index is 1.31. The van der Waals surface area contributed by atoms with E-state index >= 15 is 0 Å². The van der Waals surface area contributed by atoms with Crippen LogP contribution >= 0.6 is 0 Å². The number of amides is 2. The number of benzene rings is 1. The Morgan fingerprint density at radius 1 is 1.26 bits per heavy atom. The highest BCUT2D eigenvalue weighted by Gasteiger charge is 2.24. The first-order chi connectivity index (χ1) is 15.1. The fraction of sp³-hybridized carbons (Fsp3) is 0.391. The number of nitrogens with one attached hydrogen (secondary N) is 3. The fourth-order valence-electron chi connectivity index (χ4n) is 4.16. The van der Waals surface area contributed by atoms with Crippen molar-refractivity contribution in [2.45, 2.75) is 45.1 Å². The van der Waals surface area contributed by atoms with E-state index in [0.29, 0.717) is 34.9 Å².